The number of rotatable bonds is 5. The third kappa shape index (κ3) is 5.15. The molecule has 0 saturated carbocycles. The highest BCUT2D eigenvalue weighted by molar-refractivity contribution is 7.09. The minimum atomic E-state index is 0.0159. The number of aryl methyl sites for hydroxylation is 1. The average molecular weight is 427 g/mol. The molecule has 7 heteroatoms. The van der Waals surface area contributed by atoms with Crippen molar-refractivity contribution in [1.29, 1.82) is 0 Å². The molecule has 150 valence electrons. The van der Waals surface area contributed by atoms with E-state index in [9.17, 15) is 4.79 Å². The van der Waals surface area contributed by atoms with Crippen LogP contribution in [0, 0.1) is 6.92 Å². The maximum absolute atomic E-state index is 12.4. The number of benzene rings is 2. The van der Waals surface area contributed by atoms with E-state index < -0.39 is 0 Å². The first kappa shape index (κ1) is 19.9. The van der Waals surface area contributed by atoms with Gasteiger partial charge in [0, 0.05) is 53.5 Å². The molecule has 29 heavy (non-hydrogen) atoms. The zero-order chi connectivity index (χ0) is 20.2. The minimum absolute atomic E-state index is 0.0159. The SMILES string of the molecule is Cc1nc(-c2ccc(NC(=O)CN3CCN(c4ccc(Cl)cc4)CC3)cc2)cs1. The molecule has 4 rings (SSSR count). The van der Waals surface area contributed by atoms with Gasteiger partial charge in [0.2, 0.25) is 5.91 Å². The van der Waals surface area contributed by atoms with E-state index in [2.05, 4.69) is 20.1 Å². The van der Waals surface area contributed by atoms with Crippen LogP contribution in [0.3, 0.4) is 0 Å². The maximum Gasteiger partial charge on any atom is 0.238 e. The molecule has 0 radical (unpaired) electrons. The lowest BCUT2D eigenvalue weighted by Gasteiger charge is -2.35. The number of nitrogens with one attached hydrogen (secondary N) is 1. The van der Waals surface area contributed by atoms with Crippen LogP contribution in [-0.4, -0.2) is 48.5 Å². The van der Waals surface area contributed by atoms with Crippen LogP contribution in [0.15, 0.2) is 53.9 Å². The lowest BCUT2D eigenvalue weighted by Crippen LogP contribution is -2.48. The molecule has 1 N–H and O–H groups in total. The molecule has 1 aliphatic heterocycles. The molecule has 3 aromatic rings. The van der Waals surface area contributed by atoms with Gasteiger partial charge in [0.05, 0.1) is 17.2 Å². The highest BCUT2D eigenvalue weighted by atomic mass is 35.5. The van der Waals surface area contributed by atoms with Crippen molar-refractivity contribution in [2.45, 2.75) is 6.92 Å². The molecule has 1 fully saturated rings. The first-order valence-electron chi connectivity index (χ1n) is 9.62. The normalized spacial score (nSPS) is 14.8. The number of halogens is 1. The quantitative estimate of drug-likeness (QED) is 0.651. The Balaban J connectivity index is 1.26. The molecule has 0 spiro atoms. The summed E-state index contributed by atoms with van der Waals surface area (Å²) in [6.45, 7) is 5.92. The molecule has 1 amide bonds. The maximum atomic E-state index is 12.4. The summed E-state index contributed by atoms with van der Waals surface area (Å²) in [4.78, 5) is 21.4. The number of carbonyl (C=O) groups excluding carboxylic acids is 1. The monoisotopic (exact) mass is 426 g/mol. The smallest absolute Gasteiger partial charge is 0.238 e. The number of thiazole rings is 1. The van der Waals surface area contributed by atoms with Gasteiger partial charge in [-0.3, -0.25) is 9.69 Å². The van der Waals surface area contributed by atoms with E-state index in [4.69, 9.17) is 11.6 Å². The Morgan fingerprint density at radius 2 is 1.76 bits per heavy atom. The number of aromatic nitrogens is 1. The van der Waals surface area contributed by atoms with Crippen molar-refractivity contribution in [3.05, 3.63) is 63.9 Å². The number of carbonyl (C=O) groups is 1. The first-order valence-corrected chi connectivity index (χ1v) is 10.9. The fourth-order valence-electron chi connectivity index (χ4n) is 3.44. The van der Waals surface area contributed by atoms with Crippen LogP contribution in [-0.2, 0) is 4.79 Å². The molecule has 0 aliphatic carbocycles. The van der Waals surface area contributed by atoms with Crippen molar-refractivity contribution < 1.29 is 4.79 Å². The Hall–Kier alpha value is -2.41. The van der Waals surface area contributed by atoms with Gasteiger partial charge < -0.3 is 10.2 Å². The van der Waals surface area contributed by atoms with Crippen LogP contribution in [0.25, 0.3) is 11.3 Å². The van der Waals surface area contributed by atoms with Crippen LogP contribution in [0.4, 0.5) is 11.4 Å². The van der Waals surface area contributed by atoms with Gasteiger partial charge in [-0.2, -0.15) is 0 Å². The average Bonchev–Trinajstić information content (AvgIpc) is 3.16. The second-order valence-corrected chi connectivity index (χ2v) is 8.62. The Bertz CT molecular complexity index is 963. The highest BCUT2D eigenvalue weighted by Gasteiger charge is 2.19. The van der Waals surface area contributed by atoms with Crippen molar-refractivity contribution in [1.82, 2.24) is 9.88 Å². The van der Waals surface area contributed by atoms with E-state index >= 15 is 0 Å². The van der Waals surface area contributed by atoms with Gasteiger partial charge in [-0.15, -0.1) is 11.3 Å². The third-order valence-corrected chi connectivity index (χ3v) is 6.04. The van der Waals surface area contributed by atoms with E-state index in [1.807, 2.05) is 60.8 Å². The van der Waals surface area contributed by atoms with Crippen molar-refractivity contribution in [2.24, 2.45) is 0 Å². The van der Waals surface area contributed by atoms with Gasteiger partial charge in [-0.05, 0) is 43.3 Å². The molecular formula is C22H23ClN4OS. The summed E-state index contributed by atoms with van der Waals surface area (Å²) >= 11 is 7.60. The molecule has 2 aromatic carbocycles. The Kier molecular flexibility index (Phi) is 6.13. The molecule has 1 aromatic heterocycles. The molecule has 0 bridgehead atoms. The Morgan fingerprint density at radius 3 is 2.38 bits per heavy atom. The summed E-state index contributed by atoms with van der Waals surface area (Å²) in [5.41, 5.74) is 4.02. The predicted molar refractivity (Wildman–Crippen MR) is 121 cm³/mol. The van der Waals surface area contributed by atoms with Crippen LogP contribution in [0.2, 0.25) is 5.02 Å². The largest absolute Gasteiger partial charge is 0.369 e. The number of amides is 1. The van der Waals surface area contributed by atoms with Crippen LogP contribution in [0.1, 0.15) is 5.01 Å². The Morgan fingerprint density at radius 1 is 1.07 bits per heavy atom. The fourth-order valence-corrected chi connectivity index (χ4v) is 4.19. The van der Waals surface area contributed by atoms with Gasteiger partial charge >= 0.3 is 0 Å². The van der Waals surface area contributed by atoms with Gasteiger partial charge in [0.25, 0.3) is 0 Å². The lowest BCUT2D eigenvalue weighted by molar-refractivity contribution is -0.117. The number of nitrogens with zero attached hydrogens (tertiary/aromatic N) is 3. The lowest BCUT2D eigenvalue weighted by atomic mass is 10.1. The molecule has 0 atom stereocenters. The molecular weight excluding hydrogens is 404 g/mol. The fraction of sp³-hybridized carbons (Fsp3) is 0.273. The van der Waals surface area contributed by atoms with E-state index in [-0.39, 0.29) is 5.91 Å². The van der Waals surface area contributed by atoms with E-state index in [0.717, 1.165) is 53.2 Å². The van der Waals surface area contributed by atoms with E-state index in [1.54, 1.807) is 11.3 Å². The van der Waals surface area contributed by atoms with Gasteiger partial charge in [0.15, 0.2) is 0 Å². The molecule has 5 nitrogen and oxygen atoms in total. The molecule has 2 heterocycles. The van der Waals surface area contributed by atoms with Crippen molar-refractivity contribution in [2.75, 3.05) is 42.9 Å². The number of hydrogen-bond acceptors (Lipinski definition) is 5. The minimum Gasteiger partial charge on any atom is -0.369 e. The van der Waals surface area contributed by atoms with Gasteiger partial charge in [-0.25, -0.2) is 4.98 Å². The number of hydrogen-bond donors (Lipinski definition) is 1. The van der Waals surface area contributed by atoms with Crippen LogP contribution in [0.5, 0.6) is 0 Å². The first-order chi connectivity index (χ1) is 14.1. The third-order valence-electron chi connectivity index (χ3n) is 5.01. The summed E-state index contributed by atoms with van der Waals surface area (Å²) in [7, 11) is 0. The van der Waals surface area contributed by atoms with Crippen molar-refractivity contribution in [3.63, 3.8) is 0 Å². The van der Waals surface area contributed by atoms with Gasteiger partial charge in [0.1, 0.15) is 0 Å². The summed E-state index contributed by atoms with van der Waals surface area (Å²) in [5, 5.41) is 6.84. The van der Waals surface area contributed by atoms with Crippen LogP contribution >= 0.6 is 22.9 Å². The van der Waals surface area contributed by atoms with Gasteiger partial charge in [-0.1, -0.05) is 23.7 Å². The topological polar surface area (TPSA) is 48.5 Å². The summed E-state index contributed by atoms with van der Waals surface area (Å²) in [6.07, 6.45) is 0. The molecule has 0 unspecified atom stereocenters. The second-order valence-electron chi connectivity index (χ2n) is 7.12. The van der Waals surface area contributed by atoms with Crippen molar-refractivity contribution >= 4 is 40.2 Å². The van der Waals surface area contributed by atoms with E-state index in [1.165, 1.54) is 5.69 Å². The number of piperazine rings is 1. The highest BCUT2D eigenvalue weighted by Crippen LogP contribution is 2.23. The predicted octanol–water partition coefficient (Wildman–Crippen LogP) is 4.53. The second kappa shape index (κ2) is 8.95. The van der Waals surface area contributed by atoms with Crippen molar-refractivity contribution in [3.8, 4) is 11.3 Å². The summed E-state index contributed by atoms with van der Waals surface area (Å²) < 4.78 is 0. The summed E-state index contributed by atoms with van der Waals surface area (Å²) in [5.74, 6) is 0.0159. The standard InChI is InChI=1S/C22H23ClN4OS/c1-16-24-21(15-29-16)17-2-6-19(7-3-17)25-22(28)14-26-10-12-27(13-11-26)20-8-4-18(23)5-9-20/h2-9,15H,10-14H2,1H3,(H,25,28). The van der Waals surface area contributed by atoms with Crippen LogP contribution < -0.4 is 10.2 Å². The number of anilines is 2. The molecule has 1 aliphatic rings. The molecule has 1 saturated heterocycles. The zero-order valence-electron chi connectivity index (χ0n) is 16.3. The summed E-state index contributed by atoms with van der Waals surface area (Å²) in [6, 6.07) is 15.8. The zero-order valence-corrected chi connectivity index (χ0v) is 17.8. The Labute approximate surface area is 179 Å². The van der Waals surface area contributed by atoms with E-state index in [0.29, 0.717) is 6.54 Å².